The highest BCUT2D eigenvalue weighted by Gasteiger charge is 2.23. The number of ketones is 1. The minimum absolute atomic E-state index is 0.197. The summed E-state index contributed by atoms with van der Waals surface area (Å²) in [5.41, 5.74) is 0.789. The Hall–Kier alpha value is -1.88. The molecule has 0 aliphatic carbocycles. The van der Waals surface area contributed by atoms with Crippen LogP contribution in [0.3, 0.4) is 0 Å². The highest BCUT2D eigenvalue weighted by molar-refractivity contribution is 7.21. The summed E-state index contributed by atoms with van der Waals surface area (Å²) in [5, 5.41) is 0.928. The molecule has 0 aliphatic rings. The second-order valence-corrected chi connectivity index (χ2v) is 5.02. The number of ether oxygens (including phenoxy) is 2. The van der Waals surface area contributed by atoms with E-state index in [4.69, 9.17) is 9.47 Å². The van der Waals surface area contributed by atoms with Gasteiger partial charge in [0.15, 0.2) is 0 Å². The molecule has 0 atom stereocenters. The van der Waals surface area contributed by atoms with Gasteiger partial charge >= 0.3 is 5.97 Å². The fraction of sp³-hybridized carbons (Fsp3) is 0.286. The van der Waals surface area contributed by atoms with Crippen molar-refractivity contribution in [2.75, 3.05) is 13.7 Å². The van der Waals surface area contributed by atoms with Crippen molar-refractivity contribution in [1.29, 1.82) is 0 Å². The molecule has 0 unspecified atom stereocenters. The number of rotatable bonds is 4. The molecule has 0 saturated heterocycles. The average Bonchev–Trinajstić information content (AvgIpc) is 2.75. The third kappa shape index (κ3) is 2.46. The van der Waals surface area contributed by atoms with Gasteiger partial charge in [0.25, 0.3) is 5.78 Å². The predicted octanol–water partition coefficient (Wildman–Crippen LogP) is 2.96. The summed E-state index contributed by atoms with van der Waals surface area (Å²) >= 11 is 1.30. The van der Waals surface area contributed by atoms with Crippen molar-refractivity contribution in [2.24, 2.45) is 0 Å². The highest BCUT2D eigenvalue weighted by Crippen LogP contribution is 2.33. The van der Waals surface area contributed by atoms with Crippen molar-refractivity contribution in [1.82, 2.24) is 0 Å². The molecule has 0 aliphatic heterocycles. The molecule has 0 N–H and O–H groups in total. The Labute approximate surface area is 114 Å². The molecule has 0 fully saturated rings. The summed E-state index contributed by atoms with van der Waals surface area (Å²) in [4.78, 5) is 23.9. The normalized spacial score (nSPS) is 10.5. The van der Waals surface area contributed by atoms with E-state index in [0.29, 0.717) is 4.88 Å². The molecule has 4 nitrogen and oxygen atoms in total. The SMILES string of the molecule is CCOC(=O)C(=O)c1sc2ccc(OC)cc2c1C. The van der Waals surface area contributed by atoms with Crippen molar-refractivity contribution < 1.29 is 19.1 Å². The van der Waals surface area contributed by atoms with Gasteiger partial charge in [-0.3, -0.25) is 4.79 Å². The Kier molecular flexibility index (Phi) is 3.85. The van der Waals surface area contributed by atoms with Crippen LogP contribution < -0.4 is 4.74 Å². The Morgan fingerprint density at radius 2 is 2.05 bits per heavy atom. The first-order valence-corrected chi connectivity index (χ1v) is 6.68. The number of benzene rings is 1. The Bertz CT molecular complexity index is 642. The minimum atomic E-state index is -0.802. The molecule has 2 aromatic rings. The summed E-state index contributed by atoms with van der Waals surface area (Å²) < 4.78 is 10.9. The van der Waals surface area contributed by atoms with Gasteiger partial charge in [-0.2, -0.15) is 0 Å². The summed E-state index contributed by atoms with van der Waals surface area (Å²) in [6.07, 6.45) is 0. The van der Waals surface area contributed by atoms with Gasteiger partial charge in [-0.05, 0) is 43.0 Å². The Morgan fingerprint density at radius 1 is 1.32 bits per heavy atom. The van der Waals surface area contributed by atoms with Crippen LogP contribution in [0.5, 0.6) is 5.75 Å². The zero-order valence-electron chi connectivity index (χ0n) is 11.0. The maximum absolute atomic E-state index is 12.0. The number of carbonyl (C=O) groups excluding carboxylic acids is 2. The van der Waals surface area contributed by atoms with E-state index in [2.05, 4.69) is 0 Å². The lowest BCUT2D eigenvalue weighted by atomic mass is 10.1. The lowest BCUT2D eigenvalue weighted by Crippen LogP contribution is -2.17. The second-order valence-electron chi connectivity index (χ2n) is 3.97. The number of fused-ring (bicyclic) bond motifs is 1. The molecular formula is C14H14O4S. The minimum Gasteiger partial charge on any atom is -0.497 e. The molecule has 0 saturated carbocycles. The number of esters is 1. The molecule has 2 rings (SSSR count). The van der Waals surface area contributed by atoms with E-state index in [1.54, 1.807) is 14.0 Å². The van der Waals surface area contributed by atoms with E-state index in [-0.39, 0.29) is 6.61 Å². The molecule has 0 amide bonds. The molecule has 1 heterocycles. The van der Waals surface area contributed by atoms with E-state index in [1.165, 1.54) is 11.3 Å². The first kappa shape index (κ1) is 13.5. The van der Waals surface area contributed by atoms with Crippen molar-refractivity contribution in [3.63, 3.8) is 0 Å². The van der Waals surface area contributed by atoms with E-state index < -0.39 is 11.8 Å². The Balaban J connectivity index is 2.48. The molecule has 5 heteroatoms. The maximum Gasteiger partial charge on any atom is 0.380 e. The van der Waals surface area contributed by atoms with Gasteiger partial charge in [-0.25, -0.2) is 4.79 Å². The summed E-state index contributed by atoms with van der Waals surface area (Å²) in [5.74, 6) is -0.660. The van der Waals surface area contributed by atoms with Gasteiger partial charge < -0.3 is 9.47 Å². The van der Waals surface area contributed by atoms with Gasteiger partial charge in [-0.1, -0.05) is 0 Å². The fourth-order valence-electron chi connectivity index (χ4n) is 1.83. The molecule has 0 bridgehead atoms. The van der Waals surface area contributed by atoms with Crippen LogP contribution in [-0.4, -0.2) is 25.5 Å². The topological polar surface area (TPSA) is 52.6 Å². The lowest BCUT2D eigenvalue weighted by Gasteiger charge is -2.00. The van der Waals surface area contributed by atoms with Crippen molar-refractivity contribution in [3.8, 4) is 5.75 Å². The van der Waals surface area contributed by atoms with Crippen LogP contribution in [0.15, 0.2) is 18.2 Å². The van der Waals surface area contributed by atoms with Gasteiger partial charge in [0.1, 0.15) is 5.75 Å². The van der Waals surface area contributed by atoms with Crippen molar-refractivity contribution >= 4 is 33.2 Å². The lowest BCUT2D eigenvalue weighted by molar-refractivity contribution is -0.137. The first-order chi connectivity index (χ1) is 9.08. The van der Waals surface area contributed by atoms with Gasteiger partial charge in [0, 0.05) is 4.70 Å². The first-order valence-electron chi connectivity index (χ1n) is 5.87. The fourth-order valence-corrected chi connectivity index (χ4v) is 2.95. The zero-order valence-corrected chi connectivity index (χ0v) is 11.8. The van der Waals surface area contributed by atoms with Crippen LogP contribution in [0.4, 0.5) is 0 Å². The summed E-state index contributed by atoms with van der Waals surface area (Å²) in [7, 11) is 1.59. The van der Waals surface area contributed by atoms with E-state index >= 15 is 0 Å². The summed E-state index contributed by atoms with van der Waals surface area (Å²) in [6.45, 7) is 3.70. The molecule has 0 radical (unpaired) electrons. The molecule has 1 aromatic carbocycles. The number of thiophene rings is 1. The van der Waals surface area contributed by atoms with Crippen molar-refractivity contribution in [3.05, 3.63) is 28.6 Å². The Morgan fingerprint density at radius 3 is 2.68 bits per heavy atom. The van der Waals surface area contributed by atoms with E-state index in [0.717, 1.165) is 21.4 Å². The maximum atomic E-state index is 12.0. The van der Waals surface area contributed by atoms with Crippen LogP contribution in [0.2, 0.25) is 0 Å². The molecule has 1 aromatic heterocycles. The molecular weight excluding hydrogens is 264 g/mol. The molecule has 0 spiro atoms. The number of hydrogen-bond donors (Lipinski definition) is 0. The number of aryl methyl sites for hydroxylation is 1. The van der Waals surface area contributed by atoms with E-state index in [9.17, 15) is 9.59 Å². The van der Waals surface area contributed by atoms with Crippen LogP contribution in [0, 0.1) is 6.92 Å². The predicted molar refractivity (Wildman–Crippen MR) is 74.1 cm³/mol. The van der Waals surface area contributed by atoms with Crippen molar-refractivity contribution in [2.45, 2.75) is 13.8 Å². The quantitative estimate of drug-likeness (QED) is 0.490. The largest absolute Gasteiger partial charge is 0.497 e. The van der Waals surface area contributed by atoms with Gasteiger partial charge in [0.2, 0.25) is 0 Å². The monoisotopic (exact) mass is 278 g/mol. The number of carbonyl (C=O) groups is 2. The smallest absolute Gasteiger partial charge is 0.380 e. The number of hydrogen-bond acceptors (Lipinski definition) is 5. The third-order valence-corrected chi connectivity index (χ3v) is 4.08. The van der Waals surface area contributed by atoms with Crippen LogP contribution in [-0.2, 0) is 9.53 Å². The molecule has 100 valence electrons. The van der Waals surface area contributed by atoms with Gasteiger partial charge in [-0.15, -0.1) is 11.3 Å². The van der Waals surface area contributed by atoms with Gasteiger partial charge in [0.05, 0.1) is 18.6 Å². The van der Waals surface area contributed by atoms with Crippen LogP contribution >= 0.6 is 11.3 Å². The third-order valence-electron chi connectivity index (χ3n) is 2.81. The standard InChI is InChI=1S/C14H14O4S/c1-4-18-14(16)12(15)13-8(2)10-7-9(17-3)5-6-11(10)19-13/h5-7H,4H2,1-3H3. The van der Waals surface area contributed by atoms with E-state index in [1.807, 2.05) is 25.1 Å². The second kappa shape index (κ2) is 5.40. The highest BCUT2D eigenvalue weighted by atomic mass is 32.1. The molecule has 19 heavy (non-hydrogen) atoms. The van der Waals surface area contributed by atoms with Crippen LogP contribution in [0.25, 0.3) is 10.1 Å². The zero-order chi connectivity index (χ0) is 14.0. The van der Waals surface area contributed by atoms with Crippen LogP contribution in [0.1, 0.15) is 22.2 Å². The average molecular weight is 278 g/mol. The summed E-state index contributed by atoms with van der Waals surface area (Å²) in [6, 6.07) is 5.58. The number of methoxy groups -OCH3 is 1. The number of Topliss-reactive ketones (excluding diaryl/α,β-unsaturated/α-hetero) is 1.